The highest BCUT2D eigenvalue weighted by atomic mass is 35.5. The molecule has 0 saturated heterocycles. The van der Waals surface area contributed by atoms with Crippen molar-refractivity contribution in [3.63, 3.8) is 0 Å². The van der Waals surface area contributed by atoms with Crippen LogP contribution in [0.4, 0.5) is 11.4 Å². The van der Waals surface area contributed by atoms with Gasteiger partial charge in [-0.2, -0.15) is 0 Å². The lowest BCUT2D eigenvalue weighted by Gasteiger charge is -2.23. The zero-order valence-electron chi connectivity index (χ0n) is 18.1. The van der Waals surface area contributed by atoms with E-state index in [1.165, 1.54) is 16.4 Å². The van der Waals surface area contributed by atoms with Gasteiger partial charge in [0.1, 0.15) is 0 Å². The quantitative estimate of drug-likeness (QED) is 0.464. The lowest BCUT2D eigenvalue weighted by Crippen LogP contribution is -2.29. The second-order valence-electron chi connectivity index (χ2n) is 7.16. The highest BCUT2D eigenvalue weighted by Gasteiger charge is 2.19. The van der Waals surface area contributed by atoms with E-state index in [0.717, 1.165) is 11.8 Å². The summed E-state index contributed by atoms with van der Waals surface area (Å²) in [7, 11) is -3.58. The molecule has 9 heteroatoms. The Balaban J connectivity index is 1.80. The van der Waals surface area contributed by atoms with Gasteiger partial charge in [-0.05, 0) is 61.0 Å². The molecule has 3 rings (SSSR count). The molecule has 0 unspecified atom stereocenters. The Labute approximate surface area is 198 Å². The maximum atomic E-state index is 12.7. The predicted octanol–water partition coefficient (Wildman–Crippen LogP) is 4.74. The van der Waals surface area contributed by atoms with Gasteiger partial charge in [0.05, 0.1) is 36.3 Å². The van der Waals surface area contributed by atoms with E-state index < -0.39 is 21.9 Å². The Hall–Kier alpha value is -3.36. The summed E-state index contributed by atoms with van der Waals surface area (Å²) in [5.74, 6) is -0.975. The zero-order valence-corrected chi connectivity index (χ0v) is 19.7. The molecule has 0 fully saturated rings. The minimum atomic E-state index is -3.58. The fraction of sp³-hybridized carbons (Fsp3) is 0.167. The highest BCUT2D eigenvalue weighted by Crippen LogP contribution is 2.23. The van der Waals surface area contributed by atoms with E-state index in [1.807, 2.05) is 0 Å². The van der Waals surface area contributed by atoms with Gasteiger partial charge in [-0.15, -0.1) is 0 Å². The van der Waals surface area contributed by atoms with E-state index in [-0.39, 0.29) is 18.7 Å². The van der Waals surface area contributed by atoms with Crippen LogP contribution in [0.3, 0.4) is 0 Å². The summed E-state index contributed by atoms with van der Waals surface area (Å²) in [5, 5.41) is 3.27. The third-order valence-electron chi connectivity index (χ3n) is 4.73. The number of hydrogen-bond donors (Lipinski definition) is 1. The molecule has 0 spiro atoms. The molecule has 3 aromatic rings. The number of carbonyl (C=O) groups is 2. The normalized spacial score (nSPS) is 11.0. The molecule has 1 amide bonds. The van der Waals surface area contributed by atoms with Gasteiger partial charge in [-0.3, -0.25) is 9.10 Å². The van der Waals surface area contributed by atoms with Crippen LogP contribution in [0.1, 0.15) is 33.2 Å². The molecule has 0 aliphatic carbocycles. The van der Waals surface area contributed by atoms with Crippen molar-refractivity contribution in [1.82, 2.24) is 0 Å². The maximum absolute atomic E-state index is 12.7. The van der Waals surface area contributed by atoms with E-state index in [9.17, 15) is 18.0 Å². The number of carbonyl (C=O) groups excluding carboxylic acids is 2. The molecule has 0 atom stereocenters. The monoisotopic (exact) mass is 486 g/mol. The van der Waals surface area contributed by atoms with Crippen LogP contribution in [0, 0.1) is 0 Å². The average Bonchev–Trinajstić information content (AvgIpc) is 2.78. The molecule has 0 aromatic heterocycles. The molecule has 3 aromatic carbocycles. The molecule has 0 aliphatic heterocycles. The lowest BCUT2D eigenvalue weighted by molar-refractivity contribution is 0.0527. The summed E-state index contributed by atoms with van der Waals surface area (Å²) in [6.45, 7) is 2.04. The van der Waals surface area contributed by atoms with Crippen LogP contribution in [0.15, 0.2) is 72.8 Å². The number of rotatable bonds is 8. The average molecular weight is 487 g/mol. The molecular formula is C24H23ClN2O5S. The van der Waals surface area contributed by atoms with Crippen molar-refractivity contribution in [2.24, 2.45) is 0 Å². The molecule has 1 N–H and O–H groups in total. The molecule has 0 saturated carbocycles. The minimum Gasteiger partial charge on any atom is -0.462 e. The predicted molar refractivity (Wildman–Crippen MR) is 129 cm³/mol. The molecule has 0 aliphatic rings. The molecule has 33 heavy (non-hydrogen) atoms. The summed E-state index contributed by atoms with van der Waals surface area (Å²) in [6, 6.07) is 19.6. The fourth-order valence-corrected chi connectivity index (χ4v) is 4.12. The second-order valence-corrected chi connectivity index (χ2v) is 9.51. The van der Waals surface area contributed by atoms with Crippen molar-refractivity contribution in [2.45, 2.75) is 13.5 Å². The van der Waals surface area contributed by atoms with Crippen LogP contribution in [-0.4, -0.2) is 33.2 Å². The van der Waals surface area contributed by atoms with Gasteiger partial charge in [0.25, 0.3) is 5.91 Å². The molecular weight excluding hydrogens is 464 g/mol. The van der Waals surface area contributed by atoms with Crippen LogP contribution in [0.5, 0.6) is 0 Å². The summed E-state index contributed by atoms with van der Waals surface area (Å²) < 4.78 is 31.1. The van der Waals surface area contributed by atoms with Crippen molar-refractivity contribution < 1.29 is 22.7 Å². The van der Waals surface area contributed by atoms with Crippen LogP contribution >= 0.6 is 11.6 Å². The van der Waals surface area contributed by atoms with Gasteiger partial charge < -0.3 is 10.1 Å². The van der Waals surface area contributed by atoms with E-state index in [4.69, 9.17) is 16.3 Å². The van der Waals surface area contributed by atoms with Crippen LogP contribution in [0.2, 0.25) is 5.02 Å². The molecule has 7 nitrogen and oxygen atoms in total. The van der Waals surface area contributed by atoms with Crippen LogP contribution in [-0.2, 0) is 21.3 Å². The zero-order chi connectivity index (χ0) is 24.0. The highest BCUT2D eigenvalue weighted by molar-refractivity contribution is 7.92. The van der Waals surface area contributed by atoms with Gasteiger partial charge >= 0.3 is 5.97 Å². The van der Waals surface area contributed by atoms with Crippen molar-refractivity contribution in [1.29, 1.82) is 0 Å². The Morgan fingerprint density at radius 1 is 0.970 bits per heavy atom. The van der Waals surface area contributed by atoms with Crippen molar-refractivity contribution in [2.75, 3.05) is 22.5 Å². The summed E-state index contributed by atoms with van der Waals surface area (Å²) >= 11 is 5.91. The number of ether oxygens (including phenoxy) is 1. The number of nitrogens with zero attached hydrogens (tertiary/aromatic N) is 1. The number of para-hydroxylation sites is 1. The standard InChI is InChI=1S/C24H23ClN2O5S/c1-3-32-24(29)21-6-4-5-7-22(21)26-23(28)18-10-14-20(15-11-18)27(33(2,30)31)16-17-8-12-19(25)13-9-17/h4-15H,3,16H2,1-2H3,(H,26,28). The Bertz CT molecular complexity index is 1240. The largest absolute Gasteiger partial charge is 0.462 e. The SMILES string of the molecule is CCOC(=O)c1ccccc1NC(=O)c1ccc(N(Cc2ccc(Cl)cc2)S(C)(=O)=O)cc1. The Kier molecular flexibility index (Phi) is 7.73. The van der Waals surface area contributed by atoms with Crippen LogP contribution in [0.25, 0.3) is 0 Å². The number of halogens is 1. The number of nitrogens with one attached hydrogen (secondary N) is 1. The number of hydrogen-bond acceptors (Lipinski definition) is 5. The van der Waals surface area contributed by atoms with Crippen LogP contribution < -0.4 is 9.62 Å². The summed E-state index contributed by atoms with van der Waals surface area (Å²) in [5.41, 5.74) is 2.05. The number of amides is 1. The first-order chi connectivity index (χ1) is 15.7. The van der Waals surface area contributed by atoms with Gasteiger partial charge in [0.2, 0.25) is 10.0 Å². The molecule has 0 heterocycles. The number of benzene rings is 3. The Morgan fingerprint density at radius 3 is 2.21 bits per heavy atom. The molecule has 172 valence electrons. The number of anilines is 2. The van der Waals surface area contributed by atoms with Gasteiger partial charge in [-0.25, -0.2) is 13.2 Å². The number of esters is 1. The molecule has 0 radical (unpaired) electrons. The maximum Gasteiger partial charge on any atom is 0.340 e. The molecule has 0 bridgehead atoms. The van der Waals surface area contributed by atoms with E-state index >= 15 is 0 Å². The van der Waals surface area contributed by atoms with Gasteiger partial charge in [-0.1, -0.05) is 35.9 Å². The van der Waals surface area contributed by atoms with Gasteiger partial charge in [0, 0.05) is 10.6 Å². The summed E-state index contributed by atoms with van der Waals surface area (Å²) in [4.78, 5) is 24.9. The topological polar surface area (TPSA) is 92.8 Å². The van der Waals surface area contributed by atoms with E-state index in [2.05, 4.69) is 5.32 Å². The first-order valence-electron chi connectivity index (χ1n) is 10.1. The van der Waals surface area contributed by atoms with Gasteiger partial charge in [0.15, 0.2) is 0 Å². The minimum absolute atomic E-state index is 0.120. The lowest BCUT2D eigenvalue weighted by atomic mass is 10.1. The van der Waals surface area contributed by atoms with Crippen molar-refractivity contribution in [3.8, 4) is 0 Å². The first-order valence-corrected chi connectivity index (χ1v) is 12.3. The third kappa shape index (κ3) is 6.34. The second kappa shape index (κ2) is 10.5. The van der Waals surface area contributed by atoms with E-state index in [0.29, 0.717) is 22.0 Å². The number of sulfonamides is 1. The fourth-order valence-electron chi connectivity index (χ4n) is 3.11. The first kappa shape index (κ1) is 24.3. The van der Waals surface area contributed by atoms with Crippen molar-refractivity contribution >= 4 is 44.9 Å². The third-order valence-corrected chi connectivity index (χ3v) is 6.12. The van der Waals surface area contributed by atoms with Crippen molar-refractivity contribution in [3.05, 3.63) is 94.5 Å². The Morgan fingerprint density at radius 2 is 1.61 bits per heavy atom. The smallest absolute Gasteiger partial charge is 0.340 e. The van der Waals surface area contributed by atoms with E-state index in [1.54, 1.807) is 67.6 Å². The summed E-state index contributed by atoms with van der Waals surface area (Å²) in [6.07, 6.45) is 1.12.